The van der Waals surface area contributed by atoms with Crippen LogP contribution in [0, 0.1) is 5.92 Å². The van der Waals surface area contributed by atoms with Crippen LogP contribution in [-0.4, -0.2) is 81.5 Å². The number of likely N-dealkylation sites (tertiary alicyclic amines) is 2. The molecule has 1 aromatic rings. The lowest BCUT2D eigenvalue weighted by Crippen LogP contribution is -2.48. The van der Waals surface area contributed by atoms with Crippen LogP contribution < -0.4 is 0 Å². The molecule has 0 N–H and O–H groups in total. The molecule has 8 nitrogen and oxygen atoms in total. The van der Waals surface area contributed by atoms with Crippen molar-refractivity contribution >= 4 is 17.7 Å². The molecule has 0 spiro atoms. The average Bonchev–Trinajstić information content (AvgIpc) is 3.35. The lowest BCUT2D eigenvalue weighted by atomic mass is 9.95. The number of carbonyl (C=O) groups is 3. The summed E-state index contributed by atoms with van der Waals surface area (Å²) in [6, 6.07) is 1.87. The molecule has 1 unspecified atom stereocenters. The zero-order chi connectivity index (χ0) is 19.9. The summed E-state index contributed by atoms with van der Waals surface area (Å²) < 4.78 is 1.83. The average molecular weight is 390 g/mol. The highest BCUT2D eigenvalue weighted by Crippen LogP contribution is 2.20. The molecular formula is C20H31N5O3. The maximum absolute atomic E-state index is 13.0. The minimum Gasteiger partial charge on any atom is -0.343 e. The van der Waals surface area contributed by atoms with Crippen LogP contribution in [-0.2, 0) is 20.9 Å². The number of carbonyl (C=O) groups excluding carboxylic acids is 3. The first-order valence-electron chi connectivity index (χ1n) is 10.4. The van der Waals surface area contributed by atoms with Gasteiger partial charge in [-0.1, -0.05) is 0 Å². The molecule has 3 heterocycles. The van der Waals surface area contributed by atoms with Gasteiger partial charge in [0.2, 0.25) is 17.7 Å². The van der Waals surface area contributed by atoms with Crippen LogP contribution in [0.1, 0.15) is 39.0 Å². The second-order valence-electron chi connectivity index (χ2n) is 7.60. The van der Waals surface area contributed by atoms with Gasteiger partial charge in [-0.15, -0.1) is 0 Å². The fourth-order valence-corrected chi connectivity index (χ4v) is 4.06. The largest absolute Gasteiger partial charge is 0.343 e. The van der Waals surface area contributed by atoms with Crippen molar-refractivity contribution in [3.63, 3.8) is 0 Å². The van der Waals surface area contributed by atoms with Crippen molar-refractivity contribution in [1.29, 1.82) is 0 Å². The first kappa shape index (κ1) is 20.4. The summed E-state index contributed by atoms with van der Waals surface area (Å²) in [5.41, 5.74) is 0. The Balaban J connectivity index is 1.48. The van der Waals surface area contributed by atoms with Gasteiger partial charge >= 0.3 is 0 Å². The fraction of sp³-hybridized carbons (Fsp3) is 0.700. The van der Waals surface area contributed by atoms with E-state index in [1.165, 1.54) is 0 Å². The van der Waals surface area contributed by atoms with Gasteiger partial charge in [0.25, 0.3) is 0 Å². The molecule has 2 fully saturated rings. The Kier molecular flexibility index (Phi) is 7.06. The van der Waals surface area contributed by atoms with E-state index in [9.17, 15) is 14.4 Å². The summed E-state index contributed by atoms with van der Waals surface area (Å²) in [5.74, 6) is 0.329. The smallest absolute Gasteiger partial charge is 0.227 e. The molecule has 3 amide bonds. The Bertz CT molecular complexity index is 675. The lowest BCUT2D eigenvalue weighted by molar-refractivity contribution is -0.143. The summed E-state index contributed by atoms with van der Waals surface area (Å²) in [6.45, 7) is 6.57. The topological polar surface area (TPSA) is 78.8 Å². The number of hydrogen-bond donors (Lipinski definition) is 0. The second-order valence-corrected chi connectivity index (χ2v) is 7.60. The number of nitrogens with zero attached hydrogens (tertiary/aromatic N) is 5. The van der Waals surface area contributed by atoms with Crippen molar-refractivity contribution < 1.29 is 14.4 Å². The number of piperidine rings is 1. The van der Waals surface area contributed by atoms with E-state index >= 15 is 0 Å². The number of likely N-dealkylation sites (N-methyl/N-ethyl adjacent to an activating group) is 1. The third-order valence-electron chi connectivity index (χ3n) is 5.73. The molecule has 1 aromatic heterocycles. The predicted octanol–water partition coefficient (Wildman–Crippen LogP) is 0.983. The van der Waals surface area contributed by atoms with E-state index in [2.05, 4.69) is 5.10 Å². The van der Waals surface area contributed by atoms with Crippen molar-refractivity contribution in [3.8, 4) is 0 Å². The highest BCUT2D eigenvalue weighted by Gasteiger charge is 2.32. The standard InChI is InChI=1S/C20H31N5O3/c1-2-22(14-15-25-13-4-9-21-25)20(28)17-7-8-19(27)24(16-17)12-5-11-23-10-3-6-18(23)26/h4,9,13,17H,2-3,5-8,10-12,14-16H2,1H3. The second kappa shape index (κ2) is 9.71. The maximum Gasteiger partial charge on any atom is 0.227 e. The maximum atomic E-state index is 13.0. The van der Waals surface area contributed by atoms with E-state index in [0.717, 1.165) is 19.4 Å². The van der Waals surface area contributed by atoms with Crippen LogP contribution in [0.25, 0.3) is 0 Å². The zero-order valence-electron chi connectivity index (χ0n) is 16.8. The Morgan fingerprint density at radius 2 is 1.96 bits per heavy atom. The molecule has 8 heteroatoms. The van der Waals surface area contributed by atoms with Crippen LogP contribution in [0.3, 0.4) is 0 Å². The normalized spacial score (nSPS) is 20.1. The summed E-state index contributed by atoms with van der Waals surface area (Å²) >= 11 is 0. The van der Waals surface area contributed by atoms with Gasteiger partial charge in [-0.3, -0.25) is 19.1 Å². The first-order valence-corrected chi connectivity index (χ1v) is 10.4. The van der Waals surface area contributed by atoms with Gasteiger partial charge in [-0.05, 0) is 32.3 Å². The van der Waals surface area contributed by atoms with E-state index < -0.39 is 0 Å². The molecule has 2 aliphatic heterocycles. The van der Waals surface area contributed by atoms with Crippen molar-refractivity contribution in [2.45, 2.75) is 45.6 Å². The summed E-state index contributed by atoms with van der Waals surface area (Å²) in [6.07, 6.45) is 7.03. The van der Waals surface area contributed by atoms with Crippen LogP contribution >= 0.6 is 0 Å². The molecule has 0 aromatic carbocycles. The molecule has 0 aliphatic carbocycles. The molecule has 28 heavy (non-hydrogen) atoms. The number of amides is 3. The van der Waals surface area contributed by atoms with Gasteiger partial charge in [-0.2, -0.15) is 5.10 Å². The molecule has 0 bridgehead atoms. The molecular weight excluding hydrogens is 358 g/mol. The monoisotopic (exact) mass is 389 g/mol. The SMILES string of the molecule is CCN(CCn1cccn1)C(=O)C1CCC(=O)N(CCCN2CCCC2=O)C1. The van der Waals surface area contributed by atoms with E-state index in [4.69, 9.17) is 0 Å². The van der Waals surface area contributed by atoms with E-state index in [1.54, 1.807) is 6.20 Å². The van der Waals surface area contributed by atoms with E-state index in [1.807, 2.05) is 38.6 Å². The van der Waals surface area contributed by atoms with Gasteiger partial charge < -0.3 is 14.7 Å². The minimum absolute atomic E-state index is 0.122. The Hall–Kier alpha value is -2.38. The summed E-state index contributed by atoms with van der Waals surface area (Å²) in [5, 5.41) is 4.19. The Morgan fingerprint density at radius 3 is 2.64 bits per heavy atom. The Morgan fingerprint density at radius 1 is 1.18 bits per heavy atom. The number of rotatable bonds is 9. The highest BCUT2D eigenvalue weighted by molar-refractivity contribution is 5.84. The van der Waals surface area contributed by atoms with Gasteiger partial charge in [-0.25, -0.2) is 0 Å². The first-order chi connectivity index (χ1) is 13.6. The molecule has 2 saturated heterocycles. The highest BCUT2D eigenvalue weighted by atomic mass is 16.2. The van der Waals surface area contributed by atoms with Crippen LogP contribution in [0.15, 0.2) is 18.5 Å². The molecule has 2 aliphatic rings. The molecule has 0 saturated carbocycles. The number of aromatic nitrogens is 2. The van der Waals surface area contributed by atoms with E-state index in [0.29, 0.717) is 58.5 Å². The van der Waals surface area contributed by atoms with Gasteiger partial charge in [0.15, 0.2) is 0 Å². The van der Waals surface area contributed by atoms with Crippen LogP contribution in [0.4, 0.5) is 0 Å². The Labute approximate surface area is 166 Å². The summed E-state index contributed by atoms with van der Waals surface area (Å²) in [4.78, 5) is 42.5. The quantitative estimate of drug-likeness (QED) is 0.631. The lowest BCUT2D eigenvalue weighted by Gasteiger charge is -2.35. The molecule has 3 rings (SSSR count). The van der Waals surface area contributed by atoms with Crippen molar-refractivity contribution in [2.75, 3.05) is 39.3 Å². The third kappa shape index (κ3) is 5.11. The van der Waals surface area contributed by atoms with Gasteiger partial charge in [0.1, 0.15) is 0 Å². The minimum atomic E-state index is -0.135. The predicted molar refractivity (Wildman–Crippen MR) is 104 cm³/mol. The van der Waals surface area contributed by atoms with Crippen molar-refractivity contribution in [1.82, 2.24) is 24.5 Å². The van der Waals surface area contributed by atoms with E-state index in [-0.39, 0.29) is 23.6 Å². The fourth-order valence-electron chi connectivity index (χ4n) is 4.06. The summed E-state index contributed by atoms with van der Waals surface area (Å²) in [7, 11) is 0. The van der Waals surface area contributed by atoms with Crippen molar-refractivity contribution in [3.05, 3.63) is 18.5 Å². The van der Waals surface area contributed by atoms with Crippen molar-refractivity contribution in [2.24, 2.45) is 5.92 Å². The molecule has 1 atom stereocenters. The zero-order valence-corrected chi connectivity index (χ0v) is 16.8. The van der Waals surface area contributed by atoms with Crippen LogP contribution in [0.5, 0.6) is 0 Å². The molecule has 0 radical (unpaired) electrons. The third-order valence-corrected chi connectivity index (χ3v) is 5.73. The van der Waals surface area contributed by atoms with Gasteiger partial charge in [0.05, 0.1) is 12.5 Å². The van der Waals surface area contributed by atoms with Gasteiger partial charge in [0, 0.05) is 64.5 Å². The number of hydrogen-bond acceptors (Lipinski definition) is 4. The molecule has 154 valence electrons. The van der Waals surface area contributed by atoms with Crippen LogP contribution in [0.2, 0.25) is 0 Å².